The van der Waals surface area contributed by atoms with Crippen LogP contribution in [0.25, 0.3) is 11.4 Å². The van der Waals surface area contributed by atoms with Crippen molar-refractivity contribution in [2.75, 3.05) is 7.05 Å². The van der Waals surface area contributed by atoms with Crippen LogP contribution in [0, 0.1) is 6.92 Å². The minimum atomic E-state index is -0.108. The topological polar surface area (TPSA) is 71.9 Å². The van der Waals surface area contributed by atoms with E-state index in [4.69, 9.17) is 0 Å². The first-order valence-electron chi connectivity index (χ1n) is 8.45. The molecule has 3 heterocycles. The van der Waals surface area contributed by atoms with E-state index in [0.29, 0.717) is 17.8 Å². The van der Waals surface area contributed by atoms with E-state index < -0.39 is 0 Å². The van der Waals surface area contributed by atoms with Crippen LogP contribution in [-0.4, -0.2) is 43.8 Å². The van der Waals surface area contributed by atoms with Gasteiger partial charge in [0.25, 0.3) is 5.91 Å². The van der Waals surface area contributed by atoms with E-state index in [-0.39, 0.29) is 11.9 Å². The number of pyridine rings is 2. The van der Waals surface area contributed by atoms with Gasteiger partial charge in [-0.05, 0) is 43.7 Å². The summed E-state index contributed by atoms with van der Waals surface area (Å²) in [6.45, 7) is 4.04. The maximum Gasteiger partial charge on any atom is 0.256 e. The zero-order valence-electron chi connectivity index (χ0n) is 15.1. The lowest BCUT2D eigenvalue weighted by molar-refractivity contribution is 0.0742. The van der Waals surface area contributed by atoms with Gasteiger partial charge in [0.2, 0.25) is 0 Å². The lowest BCUT2D eigenvalue weighted by Gasteiger charge is -2.24. The Kier molecular flexibility index (Phi) is 5.31. The smallest absolute Gasteiger partial charge is 0.256 e. The molecule has 0 N–H and O–H groups in total. The van der Waals surface area contributed by atoms with Gasteiger partial charge in [-0.15, -0.1) is 0 Å². The van der Waals surface area contributed by atoms with Crippen LogP contribution >= 0.6 is 0 Å². The third-order valence-corrected chi connectivity index (χ3v) is 4.28. The van der Waals surface area contributed by atoms with Gasteiger partial charge in [-0.3, -0.25) is 14.8 Å². The second-order valence-corrected chi connectivity index (χ2v) is 6.33. The predicted octanol–water partition coefficient (Wildman–Crippen LogP) is 2.95. The van der Waals surface area contributed by atoms with Gasteiger partial charge in [-0.25, -0.2) is 9.97 Å². The van der Waals surface area contributed by atoms with Gasteiger partial charge in [0.05, 0.1) is 5.56 Å². The summed E-state index contributed by atoms with van der Waals surface area (Å²) >= 11 is 0. The molecule has 0 saturated carbocycles. The maximum atomic E-state index is 12.7. The van der Waals surface area contributed by atoms with Crippen molar-refractivity contribution in [2.45, 2.75) is 26.3 Å². The fourth-order valence-corrected chi connectivity index (χ4v) is 2.64. The van der Waals surface area contributed by atoms with Crippen molar-refractivity contribution in [1.82, 2.24) is 24.8 Å². The largest absolute Gasteiger partial charge is 0.339 e. The summed E-state index contributed by atoms with van der Waals surface area (Å²) in [5.74, 6) is 0.442. The van der Waals surface area contributed by atoms with Crippen LogP contribution in [0.4, 0.5) is 0 Å². The third kappa shape index (κ3) is 4.08. The van der Waals surface area contributed by atoms with Gasteiger partial charge >= 0.3 is 0 Å². The molecule has 0 aromatic carbocycles. The summed E-state index contributed by atoms with van der Waals surface area (Å²) in [6, 6.07) is 7.72. The van der Waals surface area contributed by atoms with Gasteiger partial charge in [0, 0.05) is 61.8 Å². The number of likely N-dealkylation sites (N-methyl/N-ethyl adjacent to an activating group) is 1. The highest BCUT2D eigenvalue weighted by atomic mass is 16.2. The summed E-state index contributed by atoms with van der Waals surface area (Å²) in [5.41, 5.74) is 3.42. The lowest BCUT2D eigenvalue weighted by atomic mass is 10.1. The van der Waals surface area contributed by atoms with Crippen molar-refractivity contribution < 1.29 is 4.79 Å². The average Bonchev–Trinajstić information content (AvgIpc) is 2.67. The number of hydrogen-bond donors (Lipinski definition) is 0. The maximum absolute atomic E-state index is 12.7. The van der Waals surface area contributed by atoms with Crippen LogP contribution < -0.4 is 0 Å². The highest BCUT2D eigenvalue weighted by Crippen LogP contribution is 2.14. The minimum absolute atomic E-state index is 0.00907. The van der Waals surface area contributed by atoms with Crippen molar-refractivity contribution in [3.8, 4) is 11.4 Å². The van der Waals surface area contributed by atoms with E-state index >= 15 is 0 Å². The molecule has 3 aromatic rings. The van der Waals surface area contributed by atoms with Crippen LogP contribution in [0.1, 0.15) is 28.5 Å². The highest BCUT2D eigenvalue weighted by Gasteiger charge is 2.19. The molecule has 1 atom stereocenters. The fourth-order valence-electron chi connectivity index (χ4n) is 2.64. The first-order chi connectivity index (χ1) is 12.5. The summed E-state index contributed by atoms with van der Waals surface area (Å²) in [5, 5.41) is 0. The standard InChI is InChI=1S/C20H21N5O/c1-14-6-8-22-18(9-14)10-15(2)25(3)20(26)17-12-23-19(24-13-17)16-5-4-7-21-11-16/h4-9,11-13,15H,10H2,1-3H3. The molecule has 0 radical (unpaired) electrons. The van der Waals surface area contributed by atoms with E-state index in [0.717, 1.165) is 16.8 Å². The molecule has 0 aliphatic heterocycles. The van der Waals surface area contributed by atoms with Crippen molar-refractivity contribution in [2.24, 2.45) is 0 Å². The fraction of sp³-hybridized carbons (Fsp3) is 0.250. The van der Waals surface area contributed by atoms with E-state index in [1.54, 1.807) is 42.9 Å². The van der Waals surface area contributed by atoms with Gasteiger partial charge in [0.15, 0.2) is 5.82 Å². The normalized spacial score (nSPS) is 11.8. The monoisotopic (exact) mass is 347 g/mol. The SMILES string of the molecule is Cc1ccnc(CC(C)N(C)C(=O)c2cnc(-c3cccnc3)nc2)c1. The highest BCUT2D eigenvalue weighted by molar-refractivity contribution is 5.93. The van der Waals surface area contributed by atoms with E-state index in [9.17, 15) is 4.79 Å². The first-order valence-corrected chi connectivity index (χ1v) is 8.45. The Hall–Kier alpha value is -3.15. The second kappa shape index (κ2) is 7.82. The number of hydrogen-bond acceptors (Lipinski definition) is 5. The Morgan fingerprint density at radius 3 is 2.54 bits per heavy atom. The summed E-state index contributed by atoms with van der Waals surface area (Å²) in [7, 11) is 1.79. The molecule has 1 amide bonds. The predicted molar refractivity (Wildman–Crippen MR) is 99.5 cm³/mol. The van der Waals surface area contributed by atoms with E-state index in [2.05, 4.69) is 19.9 Å². The van der Waals surface area contributed by atoms with Crippen LogP contribution in [0.15, 0.2) is 55.2 Å². The van der Waals surface area contributed by atoms with Gasteiger partial charge < -0.3 is 4.90 Å². The van der Waals surface area contributed by atoms with Crippen LogP contribution in [0.5, 0.6) is 0 Å². The van der Waals surface area contributed by atoms with Gasteiger partial charge in [-0.2, -0.15) is 0 Å². The number of aryl methyl sites for hydroxylation is 1. The van der Waals surface area contributed by atoms with Crippen molar-refractivity contribution in [1.29, 1.82) is 0 Å². The Bertz CT molecular complexity index is 880. The van der Waals surface area contributed by atoms with Crippen LogP contribution in [0.3, 0.4) is 0 Å². The van der Waals surface area contributed by atoms with E-state index in [1.165, 1.54) is 0 Å². The Labute approximate surface area is 153 Å². The summed E-state index contributed by atoms with van der Waals surface area (Å²) in [4.78, 5) is 31.4. The number of nitrogens with zero attached hydrogens (tertiary/aromatic N) is 5. The number of carbonyl (C=O) groups excluding carboxylic acids is 1. The van der Waals surface area contributed by atoms with Gasteiger partial charge in [0.1, 0.15) is 0 Å². The molecular weight excluding hydrogens is 326 g/mol. The molecule has 0 fully saturated rings. The third-order valence-electron chi connectivity index (χ3n) is 4.28. The molecule has 1 unspecified atom stereocenters. The van der Waals surface area contributed by atoms with Crippen molar-refractivity contribution in [3.05, 3.63) is 72.1 Å². The molecule has 0 aliphatic carbocycles. The average molecular weight is 347 g/mol. The van der Waals surface area contributed by atoms with Crippen molar-refractivity contribution >= 4 is 5.91 Å². The molecule has 0 spiro atoms. The molecule has 0 bridgehead atoms. The van der Waals surface area contributed by atoms with Crippen LogP contribution in [-0.2, 0) is 6.42 Å². The molecule has 3 aromatic heterocycles. The minimum Gasteiger partial charge on any atom is -0.339 e. The second-order valence-electron chi connectivity index (χ2n) is 6.33. The van der Waals surface area contributed by atoms with Crippen molar-refractivity contribution in [3.63, 3.8) is 0 Å². The summed E-state index contributed by atoms with van der Waals surface area (Å²) < 4.78 is 0. The Morgan fingerprint density at radius 1 is 1.12 bits per heavy atom. The summed E-state index contributed by atoms with van der Waals surface area (Å²) in [6.07, 6.45) is 9.00. The van der Waals surface area contributed by atoms with Gasteiger partial charge in [-0.1, -0.05) is 0 Å². The van der Waals surface area contributed by atoms with E-state index in [1.807, 2.05) is 38.1 Å². The molecule has 0 saturated heterocycles. The zero-order chi connectivity index (χ0) is 18.5. The number of carbonyl (C=O) groups is 1. The zero-order valence-corrected chi connectivity index (χ0v) is 15.1. The number of amides is 1. The molecular formula is C20H21N5O. The first kappa shape index (κ1) is 17.7. The molecule has 0 aliphatic rings. The molecule has 3 rings (SSSR count). The molecule has 6 nitrogen and oxygen atoms in total. The molecule has 26 heavy (non-hydrogen) atoms. The molecule has 6 heteroatoms. The Balaban J connectivity index is 1.69. The molecule has 132 valence electrons. The quantitative estimate of drug-likeness (QED) is 0.709. The Morgan fingerprint density at radius 2 is 1.88 bits per heavy atom. The lowest BCUT2D eigenvalue weighted by Crippen LogP contribution is -2.36. The number of aromatic nitrogens is 4. The number of rotatable bonds is 5. The van der Waals surface area contributed by atoms with Crippen LogP contribution in [0.2, 0.25) is 0 Å².